The maximum absolute atomic E-state index is 13.4. The van der Waals surface area contributed by atoms with E-state index in [1.54, 1.807) is 53.7 Å². The number of phenols is 1. The van der Waals surface area contributed by atoms with Crippen LogP contribution in [0.4, 0.5) is 4.79 Å². The first-order valence-corrected chi connectivity index (χ1v) is 11.2. The fourth-order valence-corrected chi connectivity index (χ4v) is 3.45. The highest BCUT2D eigenvalue weighted by Crippen LogP contribution is 2.30. The van der Waals surface area contributed by atoms with Crippen LogP contribution in [0.15, 0.2) is 54.6 Å². The van der Waals surface area contributed by atoms with Crippen LogP contribution >= 0.6 is 0 Å². The average molecular weight is 470 g/mol. The molecule has 0 heterocycles. The number of hydrogen-bond acceptors (Lipinski definition) is 5. The van der Waals surface area contributed by atoms with Gasteiger partial charge in [-0.3, -0.25) is 9.59 Å². The molecule has 2 aromatic rings. The first-order chi connectivity index (χ1) is 15.8. The summed E-state index contributed by atoms with van der Waals surface area (Å²) >= 11 is 0. The number of ether oxygens (including phenoxy) is 1. The van der Waals surface area contributed by atoms with Gasteiger partial charge in [0.2, 0.25) is 11.8 Å². The lowest BCUT2D eigenvalue weighted by atomic mass is 9.96. The van der Waals surface area contributed by atoms with Crippen LogP contribution in [0.3, 0.4) is 0 Å². The fourth-order valence-electron chi connectivity index (χ4n) is 3.45. The zero-order valence-electron chi connectivity index (χ0n) is 20.7. The number of rotatable bonds is 7. The maximum Gasteiger partial charge on any atom is 0.408 e. The molecule has 0 saturated carbocycles. The Morgan fingerprint density at radius 3 is 2.15 bits per heavy atom. The molecule has 184 valence electrons. The Morgan fingerprint density at radius 1 is 0.941 bits per heavy atom. The van der Waals surface area contributed by atoms with E-state index in [-0.39, 0.29) is 18.8 Å². The highest BCUT2D eigenvalue weighted by molar-refractivity contribution is 5.91. The third-order valence-corrected chi connectivity index (χ3v) is 4.78. The molecule has 0 aliphatic heterocycles. The van der Waals surface area contributed by atoms with E-state index in [1.165, 1.54) is 17.0 Å². The quantitative estimate of drug-likeness (QED) is 0.570. The van der Waals surface area contributed by atoms with Gasteiger partial charge in [0.1, 0.15) is 23.9 Å². The molecule has 0 spiro atoms. The van der Waals surface area contributed by atoms with Gasteiger partial charge >= 0.3 is 6.09 Å². The van der Waals surface area contributed by atoms with E-state index in [2.05, 4.69) is 10.6 Å². The summed E-state index contributed by atoms with van der Waals surface area (Å²) < 4.78 is 5.22. The molecule has 2 rings (SSSR count). The van der Waals surface area contributed by atoms with Crippen molar-refractivity contribution in [2.24, 2.45) is 0 Å². The normalized spacial score (nSPS) is 12.4. The van der Waals surface area contributed by atoms with Crippen molar-refractivity contribution in [3.8, 4) is 5.75 Å². The molecule has 0 fully saturated rings. The molecule has 8 nitrogen and oxygen atoms in total. The lowest BCUT2D eigenvalue weighted by Gasteiger charge is -2.41. The van der Waals surface area contributed by atoms with Gasteiger partial charge in [0.15, 0.2) is 0 Å². The number of amides is 3. The standard InChI is InChI=1S/C26H35N3O5/c1-25(2,3)29(21(31)17-28-24(33)34-26(4,5)6)22(19-13-10-14-20(30)15-19)23(32)27-16-18-11-8-7-9-12-18/h7-15,22,30H,16-17H2,1-6H3,(H,27,32)(H,28,33). The Labute approximate surface area is 201 Å². The molecule has 0 saturated heterocycles. The van der Waals surface area contributed by atoms with Gasteiger partial charge in [0.05, 0.1) is 0 Å². The number of carbonyl (C=O) groups excluding carboxylic acids is 3. The molecule has 3 N–H and O–H groups in total. The lowest BCUT2D eigenvalue weighted by molar-refractivity contribution is -0.146. The lowest BCUT2D eigenvalue weighted by Crippen LogP contribution is -2.55. The number of alkyl carbamates (subject to hydrolysis) is 1. The number of aromatic hydroxyl groups is 1. The average Bonchev–Trinajstić information content (AvgIpc) is 2.72. The van der Waals surface area contributed by atoms with Crippen LogP contribution in [-0.2, 0) is 20.9 Å². The summed E-state index contributed by atoms with van der Waals surface area (Å²) in [5.41, 5.74) is -0.137. The second-order valence-electron chi connectivity index (χ2n) is 9.99. The number of hydrogen-bond donors (Lipinski definition) is 3. The summed E-state index contributed by atoms with van der Waals surface area (Å²) in [5, 5.41) is 15.4. The molecular weight excluding hydrogens is 434 g/mol. The van der Waals surface area contributed by atoms with E-state index in [0.29, 0.717) is 5.56 Å². The summed E-state index contributed by atoms with van der Waals surface area (Å²) in [6.07, 6.45) is -0.725. The Kier molecular flexibility index (Phi) is 8.68. The predicted octanol–water partition coefficient (Wildman–Crippen LogP) is 3.90. The monoisotopic (exact) mass is 469 g/mol. The Balaban J connectivity index is 2.33. The van der Waals surface area contributed by atoms with Gasteiger partial charge in [0, 0.05) is 12.1 Å². The van der Waals surface area contributed by atoms with Crippen LogP contribution in [0.1, 0.15) is 58.7 Å². The molecule has 8 heteroatoms. The van der Waals surface area contributed by atoms with Gasteiger partial charge < -0.3 is 25.4 Å². The smallest absolute Gasteiger partial charge is 0.408 e. The third kappa shape index (κ3) is 8.10. The SMILES string of the molecule is CC(C)(C)OC(=O)NCC(=O)N(C(C(=O)NCc1ccccc1)c1cccc(O)c1)C(C)(C)C. The van der Waals surface area contributed by atoms with Crippen LogP contribution in [0.2, 0.25) is 0 Å². The highest BCUT2D eigenvalue weighted by Gasteiger charge is 2.38. The highest BCUT2D eigenvalue weighted by atomic mass is 16.6. The van der Waals surface area contributed by atoms with E-state index in [9.17, 15) is 19.5 Å². The number of benzene rings is 2. The molecule has 1 atom stereocenters. The molecule has 1 unspecified atom stereocenters. The first-order valence-electron chi connectivity index (χ1n) is 11.2. The fraction of sp³-hybridized carbons (Fsp3) is 0.423. The Bertz CT molecular complexity index is 993. The molecule has 34 heavy (non-hydrogen) atoms. The van der Waals surface area contributed by atoms with Crippen molar-refractivity contribution in [3.63, 3.8) is 0 Å². The van der Waals surface area contributed by atoms with E-state index in [0.717, 1.165) is 5.56 Å². The number of phenolic OH excluding ortho intramolecular Hbond substituents is 1. The van der Waals surface area contributed by atoms with Gasteiger partial charge in [-0.25, -0.2) is 4.79 Å². The van der Waals surface area contributed by atoms with Gasteiger partial charge in [-0.1, -0.05) is 42.5 Å². The molecule has 0 aliphatic carbocycles. The van der Waals surface area contributed by atoms with Crippen LogP contribution < -0.4 is 10.6 Å². The van der Waals surface area contributed by atoms with Crippen molar-refractivity contribution in [3.05, 3.63) is 65.7 Å². The van der Waals surface area contributed by atoms with Gasteiger partial charge in [-0.05, 0) is 64.8 Å². The summed E-state index contributed by atoms with van der Waals surface area (Å²) in [5.74, 6) is -0.900. The van der Waals surface area contributed by atoms with Crippen molar-refractivity contribution < 1.29 is 24.2 Å². The minimum Gasteiger partial charge on any atom is -0.508 e. The minimum absolute atomic E-state index is 0.0217. The van der Waals surface area contributed by atoms with Crippen molar-refractivity contribution in [1.29, 1.82) is 0 Å². The van der Waals surface area contributed by atoms with Crippen molar-refractivity contribution >= 4 is 17.9 Å². The number of nitrogens with zero attached hydrogens (tertiary/aromatic N) is 1. The molecular formula is C26H35N3O5. The van der Waals surface area contributed by atoms with E-state index in [4.69, 9.17) is 4.74 Å². The van der Waals surface area contributed by atoms with Crippen LogP contribution in [0, 0.1) is 0 Å². The molecule has 0 aliphatic rings. The second-order valence-corrected chi connectivity index (χ2v) is 9.99. The Morgan fingerprint density at radius 2 is 1.59 bits per heavy atom. The number of carbonyl (C=O) groups is 3. The van der Waals surface area contributed by atoms with Crippen LogP contribution in [-0.4, -0.2) is 45.6 Å². The summed E-state index contributed by atoms with van der Waals surface area (Å²) in [6.45, 7) is 10.5. The largest absolute Gasteiger partial charge is 0.508 e. The second kappa shape index (κ2) is 11.0. The van der Waals surface area contributed by atoms with Gasteiger partial charge in [0.25, 0.3) is 0 Å². The first kappa shape index (κ1) is 26.7. The van der Waals surface area contributed by atoms with Gasteiger partial charge in [-0.2, -0.15) is 0 Å². The number of nitrogens with one attached hydrogen (secondary N) is 2. The zero-order chi connectivity index (χ0) is 25.5. The van der Waals surface area contributed by atoms with Crippen LogP contribution in [0.5, 0.6) is 5.75 Å². The van der Waals surface area contributed by atoms with Crippen molar-refractivity contribution in [1.82, 2.24) is 15.5 Å². The van der Waals surface area contributed by atoms with E-state index >= 15 is 0 Å². The molecule has 2 aromatic carbocycles. The topological polar surface area (TPSA) is 108 Å². The Hall–Kier alpha value is -3.55. The molecule has 0 bridgehead atoms. The molecule has 0 radical (unpaired) electrons. The van der Waals surface area contributed by atoms with Crippen LogP contribution in [0.25, 0.3) is 0 Å². The summed E-state index contributed by atoms with van der Waals surface area (Å²) in [7, 11) is 0. The maximum atomic E-state index is 13.4. The van der Waals surface area contributed by atoms with E-state index in [1.807, 2.05) is 30.3 Å². The molecule has 0 aromatic heterocycles. The zero-order valence-corrected chi connectivity index (χ0v) is 20.7. The summed E-state index contributed by atoms with van der Waals surface area (Å²) in [6, 6.07) is 14.6. The van der Waals surface area contributed by atoms with Crippen molar-refractivity contribution in [2.45, 2.75) is 65.3 Å². The van der Waals surface area contributed by atoms with Crippen molar-refractivity contribution in [2.75, 3.05) is 6.54 Å². The predicted molar refractivity (Wildman–Crippen MR) is 130 cm³/mol. The minimum atomic E-state index is -1.04. The molecule has 3 amide bonds. The van der Waals surface area contributed by atoms with Gasteiger partial charge in [-0.15, -0.1) is 0 Å². The van der Waals surface area contributed by atoms with E-state index < -0.39 is 35.1 Å². The third-order valence-electron chi connectivity index (χ3n) is 4.78. The summed E-state index contributed by atoms with van der Waals surface area (Å²) in [4.78, 5) is 40.3.